The molecule has 0 spiro atoms. The predicted molar refractivity (Wildman–Crippen MR) is 66.9 cm³/mol. The summed E-state index contributed by atoms with van der Waals surface area (Å²) in [6.45, 7) is 4.33. The first-order valence-electron chi connectivity index (χ1n) is 5.45. The van der Waals surface area contributed by atoms with Crippen LogP contribution in [0.1, 0.15) is 29.3 Å². The number of benzene rings is 1. The summed E-state index contributed by atoms with van der Waals surface area (Å²) < 4.78 is 22.8. The molecular formula is C12H17NO3S. The van der Waals surface area contributed by atoms with Crippen LogP contribution in [0.5, 0.6) is 0 Å². The first-order chi connectivity index (χ1) is 7.86. The molecule has 1 N–H and O–H groups in total. The highest BCUT2D eigenvalue weighted by Gasteiger charge is 2.13. The van der Waals surface area contributed by atoms with E-state index >= 15 is 0 Å². The molecule has 0 aromatic heterocycles. The topological polar surface area (TPSA) is 63.2 Å². The number of sulfone groups is 1. The lowest BCUT2D eigenvalue weighted by molar-refractivity contribution is 0.0953. The molecular weight excluding hydrogens is 238 g/mol. The molecule has 0 heterocycles. The van der Waals surface area contributed by atoms with Gasteiger partial charge in [-0.1, -0.05) is 13.0 Å². The Morgan fingerprint density at radius 3 is 2.53 bits per heavy atom. The van der Waals surface area contributed by atoms with Crippen LogP contribution in [0.2, 0.25) is 0 Å². The van der Waals surface area contributed by atoms with Crippen LogP contribution in [0.15, 0.2) is 23.1 Å². The van der Waals surface area contributed by atoms with Gasteiger partial charge in [0.25, 0.3) is 5.91 Å². The molecule has 0 aliphatic carbocycles. The van der Waals surface area contributed by atoms with E-state index < -0.39 is 9.84 Å². The maximum Gasteiger partial charge on any atom is 0.251 e. The lowest BCUT2D eigenvalue weighted by Crippen LogP contribution is -2.25. The average Bonchev–Trinajstić information content (AvgIpc) is 2.24. The molecule has 4 nitrogen and oxygen atoms in total. The van der Waals surface area contributed by atoms with Crippen molar-refractivity contribution in [3.05, 3.63) is 29.3 Å². The summed E-state index contributed by atoms with van der Waals surface area (Å²) in [5.41, 5.74) is 1.19. The first-order valence-corrected chi connectivity index (χ1v) is 7.34. The van der Waals surface area contributed by atoms with Crippen LogP contribution in [-0.4, -0.2) is 27.1 Å². The van der Waals surface area contributed by atoms with Gasteiger partial charge in [-0.15, -0.1) is 0 Å². The summed E-state index contributed by atoms with van der Waals surface area (Å²) in [5.74, 6) is -0.227. The van der Waals surface area contributed by atoms with Crippen LogP contribution in [-0.2, 0) is 9.84 Å². The summed E-state index contributed by atoms with van der Waals surface area (Å²) in [6, 6.07) is 4.59. The van der Waals surface area contributed by atoms with E-state index in [4.69, 9.17) is 0 Å². The third kappa shape index (κ3) is 3.56. The van der Waals surface area contributed by atoms with E-state index in [0.29, 0.717) is 12.1 Å². The van der Waals surface area contributed by atoms with Gasteiger partial charge in [0.1, 0.15) is 0 Å². The Morgan fingerprint density at radius 2 is 2.00 bits per heavy atom. The molecule has 1 aromatic rings. The van der Waals surface area contributed by atoms with Crippen LogP contribution in [0.4, 0.5) is 0 Å². The smallest absolute Gasteiger partial charge is 0.251 e. The maximum atomic E-state index is 11.8. The summed E-state index contributed by atoms with van der Waals surface area (Å²) in [6.07, 6.45) is 1.97. The standard InChI is InChI=1S/C12H17NO3S/c1-4-7-13-12(14)11-8-10(17(3,15)16)6-5-9(11)2/h5-6,8H,4,7H2,1-3H3,(H,13,14). The van der Waals surface area contributed by atoms with E-state index in [9.17, 15) is 13.2 Å². The van der Waals surface area contributed by atoms with Crippen molar-refractivity contribution in [2.75, 3.05) is 12.8 Å². The zero-order valence-corrected chi connectivity index (χ0v) is 11.1. The predicted octanol–water partition coefficient (Wildman–Crippen LogP) is 1.54. The molecule has 94 valence electrons. The van der Waals surface area contributed by atoms with Gasteiger partial charge in [0, 0.05) is 18.4 Å². The van der Waals surface area contributed by atoms with Gasteiger partial charge in [-0.25, -0.2) is 8.42 Å². The second-order valence-corrected chi connectivity index (χ2v) is 6.02. The zero-order valence-electron chi connectivity index (χ0n) is 10.3. The summed E-state index contributed by atoms with van der Waals surface area (Å²) in [7, 11) is -3.28. The fraction of sp³-hybridized carbons (Fsp3) is 0.417. The van der Waals surface area contributed by atoms with Gasteiger partial charge in [0.2, 0.25) is 0 Å². The molecule has 0 aliphatic rings. The number of carbonyl (C=O) groups excluding carboxylic acids is 1. The molecule has 0 fully saturated rings. The Labute approximate surface area is 102 Å². The van der Waals surface area contributed by atoms with Crippen molar-refractivity contribution in [2.45, 2.75) is 25.2 Å². The summed E-state index contributed by atoms with van der Waals surface area (Å²) >= 11 is 0. The molecule has 1 rings (SSSR count). The van der Waals surface area contributed by atoms with Gasteiger partial charge >= 0.3 is 0 Å². The van der Waals surface area contributed by atoms with Gasteiger partial charge in [-0.05, 0) is 31.0 Å². The molecule has 0 saturated heterocycles. The minimum Gasteiger partial charge on any atom is -0.352 e. The van der Waals surface area contributed by atoms with E-state index in [1.165, 1.54) is 12.1 Å². The van der Waals surface area contributed by atoms with Crippen molar-refractivity contribution in [3.8, 4) is 0 Å². The third-order valence-corrected chi connectivity index (χ3v) is 3.53. The van der Waals surface area contributed by atoms with E-state index in [2.05, 4.69) is 5.32 Å². The third-order valence-electron chi connectivity index (χ3n) is 2.42. The second-order valence-electron chi connectivity index (χ2n) is 4.00. The number of hydrogen-bond acceptors (Lipinski definition) is 3. The molecule has 17 heavy (non-hydrogen) atoms. The van der Waals surface area contributed by atoms with E-state index in [1.807, 2.05) is 6.92 Å². The second kappa shape index (κ2) is 5.31. The Kier molecular flexibility index (Phi) is 4.28. The average molecular weight is 255 g/mol. The molecule has 0 atom stereocenters. The normalized spacial score (nSPS) is 11.2. The highest BCUT2D eigenvalue weighted by atomic mass is 32.2. The lowest BCUT2D eigenvalue weighted by Gasteiger charge is -2.08. The van der Waals surface area contributed by atoms with Gasteiger partial charge in [-0.3, -0.25) is 4.79 Å². The van der Waals surface area contributed by atoms with Crippen molar-refractivity contribution >= 4 is 15.7 Å². The molecule has 0 radical (unpaired) electrons. The SMILES string of the molecule is CCCNC(=O)c1cc(S(C)(=O)=O)ccc1C. The zero-order chi connectivity index (χ0) is 13.1. The number of carbonyl (C=O) groups is 1. The van der Waals surface area contributed by atoms with E-state index in [1.54, 1.807) is 13.0 Å². The molecule has 1 amide bonds. The summed E-state index contributed by atoms with van der Waals surface area (Å²) in [5, 5.41) is 2.73. The number of hydrogen-bond donors (Lipinski definition) is 1. The van der Waals surface area contributed by atoms with Crippen LogP contribution in [0.25, 0.3) is 0 Å². The molecule has 5 heteroatoms. The van der Waals surface area contributed by atoms with Gasteiger partial charge in [-0.2, -0.15) is 0 Å². The summed E-state index contributed by atoms with van der Waals surface area (Å²) in [4.78, 5) is 12.0. The van der Waals surface area contributed by atoms with Gasteiger partial charge in [0.05, 0.1) is 4.90 Å². The largest absolute Gasteiger partial charge is 0.352 e. The van der Waals surface area contributed by atoms with Crippen molar-refractivity contribution in [1.82, 2.24) is 5.32 Å². The van der Waals surface area contributed by atoms with Gasteiger partial charge in [0.15, 0.2) is 9.84 Å². The Hall–Kier alpha value is -1.36. The lowest BCUT2D eigenvalue weighted by atomic mass is 10.1. The molecule has 1 aromatic carbocycles. The Balaban J connectivity index is 3.11. The van der Waals surface area contributed by atoms with Crippen LogP contribution < -0.4 is 5.32 Å². The number of nitrogens with one attached hydrogen (secondary N) is 1. The monoisotopic (exact) mass is 255 g/mol. The molecule has 0 aliphatic heterocycles. The highest BCUT2D eigenvalue weighted by molar-refractivity contribution is 7.90. The van der Waals surface area contributed by atoms with Crippen molar-refractivity contribution in [3.63, 3.8) is 0 Å². The number of rotatable bonds is 4. The molecule has 0 unspecified atom stereocenters. The van der Waals surface area contributed by atoms with Crippen LogP contribution in [0.3, 0.4) is 0 Å². The highest BCUT2D eigenvalue weighted by Crippen LogP contribution is 2.15. The fourth-order valence-corrected chi connectivity index (χ4v) is 2.06. The quantitative estimate of drug-likeness (QED) is 0.887. The Morgan fingerprint density at radius 1 is 1.35 bits per heavy atom. The van der Waals surface area contributed by atoms with E-state index in [0.717, 1.165) is 18.2 Å². The first kappa shape index (κ1) is 13.7. The van der Waals surface area contributed by atoms with Crippen LogP contribution in [0, 0.1) is 6.92 Å². The van der Waals surface area contributed by atoms with Crippen molar-refractivity contribution in [1.29, 1.82) is 0 Å². The minimum atomic E-state index is -3.28. The fourth-order valence-electron chi connectivity index (χ4n) is 1.41. The maximum absolute atomic E-state index is 11.8. The minimum absolute atomic E-state index is 0.171. The molecule has 0 bridgehead atoms. The van der Waals surface area contributed by atoms with Crippen LogP contribution >= 0.6 is 0 Å². The van der Waals surface area contributed by atoms with Crippen molar-refractivity contribution < 1.29 is 13.2 Å². The van der Waals surface area contributed by atoms with E-state index in [-0.39, 0.29) is 10.8 Å². The van der Waals surface area contributed by atoms with Gasteiger partial charge < -0.3 is 5.32 Å². The Bertz CT molecular complexity index is 521. The molecule has 0 saturated carbocycles. The number of aryl methyl sites for hydroxylation is 1. The van der Waals surface area contributed by atoms with Crippen molar-refractivity contribution in [2.24, 2.45) is 0 Å². The number of amides is 1.